The van der Waals surface area contributed by atoms with Crippen molar-refractivity contribution in [2.75, 3.05) is 11.1 Å². The number of fused-ring (bicyclic) bond motifs is 1. The van der Waals surface area contributed by atoms with Crippen LogP contribution in [0, 0.1) is 13.8 Å². The molecule has 0 aliphatic rings. The molecule has 0 saturated heterocycles. The smallest absolute Gasteiger partial charge is 0.0907 e. The first-order valence-electron chi connectivity index (χ1n) is 6.13. The van der Waals surface area contributed by atoms with E-state index in [0.717, 1.165) is 32.3 Å². The number of aromatic nitrogens is 1. The van der Waals surface area contributed by atoms with Crippen LogP contribution < -0.4 is 11.1 Å². The van der Waals surface area contributed by atoms with Gasteiger partial charge >= 0.3 is 0 Å². The van der Waals surface area contributed by atoms with Crippen molar-refractivity contribution in [1.29, 1.82) is 0 Å². The lowest BCUT2D eigenvalue weighted by Crippen LogP contribution is -1.97. The minimum Gasteiger partial charge on any atom is -0.397 e. The molecule has 19 heavy (non-hydrogen) atoms. The molecule has 1 heterocycles. The SMILES string of the molecule is Cc1nc2cc(Nc3ccccc3C)c(N)cc2s1. The summed E-state index contributed by atoms with van der Waals surface area (Å²) in [7, 11) is 0. The predicted octanol–water partition coefficient (Wildman–Crippen LogP) is 4.24. The Morgan fingerprint density at radius 2 is 1.89 bits per heavy atom. The van der Waals surface area contributed by atoms with Crippen LogP contribution in [0.2, 0.25) is 0 Å². The zero-order chi connectivity index (χ0) is 13.4. The van der Waals surface area contributed by atoms with Gasteiger partial charge in [0.25, 0.3) is 0 Å². The molecular formula is C15H15N3S. The quantitative estimate of drug-likeness (QED) is 0.684. The van der Waals surface area contributed by atoms with Crippen LogP contribution >= 0.6 is 11.3 Å². The number of rotatable bonds is 2. The minimum absolute atomic E-state index is 0.749. The average Bonchev–Trinajstić information content (AvgIpc) is 2.71. The third-order valence-electron chi connectivity index (χ3n) is 3.08. The number of anilines is 3. The fourth-order valence-electron chi connectivity index (χ4n) is 2.07. The van der Waals surface area contributed by atoms with Crippen molar-refractivity contribution in [3.8, 4) is 0 Å². The van der Waals surface area contributed by atoms with Gasteiger partial charge in [0.1, 0.15) is 0 Å². The molecule has 0 aliphatic heterocycles. The molecule has 0 radical (unpaired) electrons. The molecule has 96 valence electrons. The summed E-state index contributed by atoms with van der Waals surface area (Å²) in [5, 5.41) is 4.44. The highest BCUT2D eigenvalue weighted by atomic mass is 32.1. The van der Waals surface area contributed by atoms with Crippen molar-refractivity contribution in [2.45, 2.75) is 13.8 Å². The molecule has 3 nitrogen and oxygen atoms in total. The van der Waals surface area contributed by atoms with Crippen LogP contribution in [-0.4, -0.2) is 4.98 Å². The third kappa shape index (κ3) is 2.27. The second-order valence-corrected chi connectivity index (χ2v) is 5.81. The Bertz CT molecular complexity index is 746. The highest BCUT2D eigenvalue weighted by Crippen LogP contribution is 2.32. The van der Waals surface area contributed by atoms with Crippen LogP contribution in [0.1, 0.15) is 10.6 Å². The first-order chi connectivity index (χ1) is 9.13. The van der Waals surface area contributed by atoms with Crippen LogP contribution in [0.15, 0.2) is 36.4 Å². The van der Waals surface area contributed by atoms with Gasteiger partial charge in [-0.3, -0.25) is 0 Å². The largest absolute Gasteiger partial charge is 0.397 e. The van der Waals surface area contributed by atoms with Gasteiger partial charge in [0.15, 0.2) is 0 Å². The molecule has 0 unspecified atom stereocenters. The maximum atomic E-state index is 6.11. The van der Waals surface area contributed by atoms with E-state index in [1.54, 1.807) is 11.3 Å². The Balaban J connectivity index is 2.05. The van der Waals surface area contributed by atoms with Gasteiger partial charge in [-0.05, 0) is 37.6 Å². The molecule has 0 atom stereocenters. The Labute approximate surface area is 116 Å². The normalized spacial score (nSPS) is 10.8. The summed E-state index contributed by atoms with van der Waals surface area (Å²) >= 11 is 1.67. The van der Waals surface area contributed by atoms with E-state index in [-0.39, 0.29) is 0 Å². The Hall–Kier alpha value is -2.07. The van der Waals surface area contributed by atoms with Crippen LogP contribution in [0.25, 0.3) is 10.2 Å². The number of nitrogens with two attached hydrogens (primary N) is 1. The predicted molar refractivity (Wildman–Crippen MR) is 83.2 cm³/mol. The van der Waals surface area contributed by atoms with Crippen LogP contribution in [-0.2, 0) is 0 Å². The van der Waals surface area contributed by atoms with E-state index in [2.05, 4.69) is 23.3 Å². The van der Waals surface area contributed by atoms with E-state index in [9.17, 15) is 0 Å². The van der Waals surface area contributed by atoms with Gasteiger partial charge in [-0.2, -0.15) is 0 Å². The maximum Gasteiger partial charge on any atom is 0.0907 e. The van der Waals surface area contributed by atoms with Crippen molar-refractivity contribution in [2.24, 2.45) is 0 Å². The van der Waals surface area contributed by atoms with Gasteiger partial charge < -0.3 is 11.1 Å². The van der Waals surface area contributed by atoms with Crippen molar-refractivity contribution < 1.29 is 0 Å². The number of aryl methyl sites for hydroxylation is 2. The lowest BCUT2D eigenvalue weighted by molar-refractivity contribution is 1.34. The standard InChI is InChI=1S/C15H15N3S/c1-9-5-3-4-6-12(9)18-13-8-14-15(7-11(13)16)19-10(2)17-14/h3-8,18H,16H2,1-2H3. The first kappa shape index (κ1) is 12.0. The first-order valence-corrected chi connectivity index (χ1v) is 6.94. The van der Waals surface area contributed by atoms with Crippen LogP contribution in [0.3, 0.4) is 0 Å². The summed E-state index contributed by atoms with van der Waals surface area (Å²) in [6, 6.07) is 12.2. The summed E-state index contributed by atoms with van der Waals surface area (Å²) in [4.78, 5) is 4.50. The molecule has 3 aromatic rings. The molecule has 1 aromatic heterocycles. The number of benzene rings is 2. The molecule has 0 saturated carbocycles. The molecule has 0 fully saturated rings. The Morgan fingerprint density at radius 3 is 2.68 bits per heavy atom. The summed E-state index contributed by atoms with van der Waals surface area (Å²) in [6.07, 6.45) is 0. The molecule has 2 aromatic carbocycles. The zero-order valence-corrected chi connectivity index (χ0v) is 11.7. The molecular weight excluding hydrogens is 254 g/mol. The summed E-state index contributed by atoms with van der Waals surface area (Å²) in [5.74, 6) is 0. The lowest BCUT2D eigenvalue weighted by atomic mass is 10.2. The van der Waals surface area contributed by atoms with Crippen LogP contribution in [0.5, 0.6) is 0 Å². The zero-order valence-electron chi connectivity index (χ0n) is 10.9. The van der Waals surface area contributed by atoms with E-state index in [1.165, 1.54) is 5.56 Å². The van der Waals surface area contributed by atoms with Gasteiger partial charge in [-0.25, -0.2) is 4.98 Å². The minimum atomic E-state index is 0.749. The summed E-state index contributed by atoms with van der Waals surface area (Å²) < 4.78 is 1.13. The van der Waals surface area contributed by atoms with Crippen LogP contribution in [0.4, 0.5) is 17.1 Å². The Morgan fingerprint density at radius 1 is 1.11 bits per heavy atom. The fourth-order valence-corrected chi connectivity index (χ4v) is 2.93. The van der Waals surface area contributed by atoms with E-state index in [0.29, 0.717) is 0 Å². The average molecular weight is 269 g/mol. The van der Waals surface area contributed by atoms with E-state index >= 15 is 0 Å². The topological polar surface area (TPSA) is 50.9 Å². The third-order valence-corrected chi connectivity index (χ3v) is 4.01. The highest BCUT2D eigenvalue weighted by molar-refractivity contribution is 7.18. The summed E-state index contributed by atoms with van der Waals surface area (Å²) in [5.41, 5.74) is 11.0. The number of nitrogens with zero attached hydrogens (tertiary/aromatic N) is 1. The van der Waals surface area contributed by atoms with Crippen molar-refractivity contribution in [3.63, 3.8) is 0 Å². The maximum absolute atomic E-state index is 6.11. The second kappa shape index (κ2) is 4.55. The van der Waals surface area contributed by atoms with Crippen molar-refractivity contribution in [3.05, 3.63) is 47.0 Å². The van der Waals surface area contributed by atoms with Gasteiger partial charge in [0.2, 0.25) is 0 Å². The number of hydrogen-bond acceptors (Lipinski definition) is 4. The molecule has 0 spiro atoms. The van der Waals surface area contributed by atoms with Crippen molar-refractivity contribution in [1.82, 2.24) is 4.98 Å². The lowest BCUT2D eigenvalue weighted by Gasteiger charge is -2.11. The monoisotopic (exact) mass is 269 g/mol. The highest BCUT2D eigenvalue weighted by Gasteiger charge is 2.07. The molecule has 3 rings (SSSR count). The van der Waals surface area contributed by atoms with Gasteiger partial charge in [-0.15, -0.1) is 11.3 Å². The number of thiazole rings is 1. The molecule has 3 N–H and O–H groups in total. The molecule has 4 heteroatoms. The van der Waals surface area contributed by atoms with Gasteiger partial charge in [-0.1, -0.05) is 18.2 Å². The molecule has 0 amide bonds. The van der Waals surface area contributed by atoms with E-state index in [1.807, 2.05) is 37.3 Å². The number of para-hydroxylation sites is 1. The number of hydrogen-bond donors (Lipinski definition) is 2. The summed E-state index contributed by atoms with van der Waals surface area (Å²) in [6.45, 7) is 4.08. The van der Waals surface area contributed by atoms with Crippen molar-refractivity contribution >= 4 is 38.6 Å². The van der Waals surface area contributed by atoms with Gasteiger partial charge in [0, 0.05) is 5.69 Å². The number of nitrogens with one attached hydrogen (secondary N) is 1. The molecule has 0 aliphatic carbocycles. The molecule has 0 bridgehead atoms. The van der Waals surface area contributed by atoms with E-state index in [4.69, 9.17) is 5.73 Å². The van der Waals surface area contributed by atoms with E-state index < -0.39 is 0 Å². The Kier molecular flexibility index (Phi) is 2.87. The fraction of sp³-hybridized carbons (Fsp3) is 0.133. The number of nitrogen functional groups attached to an aromatic ring is 1. The second-order valence-electron chi connectivity index (χ2n) is 4.58. The van der Waals surface area contributed by atoms with Gasteiger partial charge in [0.05, 0.1) is 26.6 Å².